The molecule has 4 aliphatic carbocycles. The predicted octanol–water partition coefficient (Wildman–Crippen LogP) is 6.67. The Balaban J connectivity index is 1.37. The lowest BCUT2D eigenvalue weighted by Crippen LogP contribution is -2.28. The zero-order chi connectivity index (χ0) is 22.3. The molecule has 6 unspecified atom stereocenters. The molecule has 0 spiro atoms. The highest BCUT2D eigenvalue weighted by molar-refractivity contribution is 5.97. The number of rotatable bonds is 3. The van der Waals surface area contributed by atoms with Gasteiger partial charge >= 0.3 is 0 Å². The van der Waals surface area contributed by atoms with Crippen LogP contribution < -0.4 is 9.47 Å². The van der Waals surface area contributed by atoms with Crippen LogP contribution in [-0.4, -0.2) is 14.2 Å². The van der Waals surface area contributed by atoms with Crippen LogP contribution in [0.15, 0.2) is 54.1 Å². The molecule has 33 heavy (non-hydrogen) atoms. The van der Waals surface area contributed by atoms with Gasteiger partial charge in [-0.05, 0) is 72.5 Å². The minimum atomic E-state index is 0.558. The average Bonchev–Trinajstić information content (AvgIpc) is 3.61. The molecular formula is C30H27NO2. The summed E-state index contributed by atoms with van der Waals surface area (Å²) < 4.78 is 12.2. The van der Waals surface area contributed by atoms with Crippen LogP contribution in [0.1, 0.15) is 53.4 Å². The molecule has 4 aliphatic rings. The smallest absolute Gasteiger partial charge is 0.130 e. The summed E-state index contributed by atoms with van der Waals surface area (Å²) in [6.07, 6.45) is 6.29. The van der Waals surface area contributed by atoms with E-state index in [0.717, 1.165) is 17.1 Å². The molecular weight excluding hydrogens is 406 g/mol. The number of nitriles is 1. The van der Waals surface area contributed by atoms with Crippen molar-refractivity contribution in [3.05, 3.63) is 76.4 Å². The van der Waals surface area contributed by atoms with Gasteiger partial charge in [0.25, 0.3) is 0 Å². The molecule has 3 saturated carbocycles. The molecule has 3 nitrogen and oxygen atoms in total. The Morgan fingerprint density at radius 3 is 1.82 bits per heavy atom. The topological polar surface area (TPSA) is 42.2 Å². The van der Waals surface area contributed by atoms with Crippen LogP contribution in [0.2, 0.25) is 0 Å². The van der Waals surface area contributed by atoms with Crippen molar-refractivity contribution >= 4 is 16.8 Å². The molecule has 4 bridgehead atoms. The molecule has 0 aliphatic heterocycles. The van der Waals surface area contributed by atoms with Crippen molar-refractivity contribution in [1.82, 2.24) is 0 Å². The normalized spacial score (nSPS) is 30.3. The maximum atomic E-state index is 9.14. The lowest BCUT2D eigenvalue weighted by Gasteiger charge is -2.37. The molecule has 3 aromatic carbocycles. The van der Waals surface area contributed by atoms with E-state index in [1.165, 1.54) is 46.7 Å². The third-order valence-electron chi connectivity index (χ3n) is 9.17. The average molecular weight is 434 g/mol. The van der Waals surface area contributed by atoms with E-state index in [0.29, 0.717) is 35.5 Å². The van der Waals surface area contributed by atoms with E-state index in [-0.39, 0.29) is 0 Å². The third kappa shape index (κ3) is 2.39. The number of ether oxygens (including phenoxy) is 2. The first-order valence-corrected chi connectivity index (χ1v) is 12.1. The van der Waals surface area contributed by atoms with Gasteiger partial charge in [-0.15, -0.1) is 0 Å². The van der Waals surface area contributed by atoms with Gasteiger partial charge < -0.3 is 9.47 Å². The van der Waals surface area contributed by atoms with Gasteiger partial charge in [0.1, 0.15) is 11.5 Å². The number of nitrogens with zero attached hydrogens (tertiary/aromatic N) is 1. The molecule has 0 saturated heterocycles. The molecule has 7 rings (SSSR count). The molecule has 0 amide bonds. The highest BCUT2D eigenvalue weighted by Crippen LogP contribution is 2.75. The number of allylic oxidation sites excluding steroid dienone is 1. The van der Waals surface area contributed by atoms with Crippen molar-refractivity contribution in [3.63, 3.8) is 0 Å². The number of methoxy groups -OCH3 is 2. The van der Waals surface area contributed by atoms with Gasteiger partial charge in [0.15, 0.2) is 0 Å². The van der Waals surface area contributed by atoms with Crippen molar-refractivity contribution in [2.45, 2.75) is 31.1 Å². The molecule has 6 atom stereocenters. The van der Waals surface area contributed by atoms with Crippen molar-refractivity contribution in [1.29, 1.82) is 5.26 Å². The Kier molecular flexibility index (Phi) is 4.01. The van der Waals surface area contributed by atoms with E-state index < -0.39 is 0 Å². The van der Waals surface area contributed by atoms with Crippen LogP contribution in [0.25, 0.3) is 16.8 Å². The summed E-state index contributed by atoms with van der Waals surface area (Å²) in [5, 5.41) is 11.5. The lowest BCUT2D eigenvalue weighted by atomic mass is 9.68. The van der Waals surface area contributed by atoms with Gasteiger partial charge in [-0.25, -0.2) is 0 Å². The van der Waals surface area contributed by atoms with Crippen LogP contribution in [0.3, 0.4) is 0 Å². The summed E-state index contributed by atoms with van der Waals surface area (Å²) in [6.45, 7) is 0. The molecule has 0 radical (unpaired) electrons. The van der Waals surface area contributed by atoms with Gasteiger partial charge in [-0.3, -0.25) is 0 Å². The minimum absolute atomic E-state index is 0.558. The fraction of sp³-hybridized carbons (Fsp3) is 0.367. The largest absolute Gasteiger partial charge is 0.496 e. The zero-order valence-corrected chi connectivity index (χ0v) is 19.0. The number of fused-ring (bicyclic) bond motifs is 13. The monoisotopic (exact) mass is 433 g/mol. The molecule has 0 N–H and O–H groups in total. The Bertz CT molecular complexity index is 1290. The predicted molar refractivity (Wildman–Crippen MR) is 129 cm³/mol. The molecule has 0 heterocycles. The minimum Gasteiger partial charge on any atom is -0.496 e. The highest BCUT2D eigenvalue weighted by Gasteiger charge is 2.64. The van der Waals surface area contributed by atoms with E-state index in [4.69, 9.17) is 14.7 Å². The summed E-state index contributed by atoms with van der Waals surface area (Å²) in [6, 6.07) is 18.9. The van der Waals surface area contributed by atoms with Crippen LogP contribution in [-0.2, 0) is 0 Å². The standard InChI is InChI=1S/C30H27NO2/c1-32-29-20-5-3-4-6-21(20)30(33-2)28-24-14-23(27(28)29)25-18-11-12-19(26(24)25)22(18)13-16-7-9-17(15-31)10-8-16/h3-10,13,18-19,23-26H,11-12,14H2,1-2H3. The second kappa shape index (κ2) is 6.87. The Hall–Kier alpha value is -3.25. The SMILES string of the molecule is COc1c2c(c(OC)c3ccccc13)C1CC2C2C3CCC(C3=Cc3ccc(C#N)cc3)C12. The third-order valence-corrected chi connectivity index (χ3v) is 9.17. The van der Waals surface area contributed by atoms with Gasteiger partial charge in [0, 0.05) is 21.9 Å². The van der Waals surface area contributed by atoms with Crippen molar-refractivity contribution in [2.75, 3.05) is 14.2 Å². The van der Waals surface area contributed by atoms with Crippen molar-refractivity contribution < 1.29 is 9.47 Å². The van der Waals surface area contributed by atoms with Crippen LogP contribution >= 0.6 is 0 Å². The molecule has 3 aromatic rings. The highest BCUT2D eigenvalue weighted by atomic mass is 16.5. The summed E-state index contributed by atoms with van der Waals surface area (Å²) in [4.78, 5) is 0. The summed E-state index contributed by atoms with van der Waals surface area (Å²) >= 11 is 0. The van der Waals surface area contributed by atoms with Gasteiger partial charge in [-0.1, -0.05) is 48.0 Å². The summed E-state index contributed by atoms with van der Waals surface area (Å²) in [5.41, 5.74) is 6.48. The molecule has 0 aromatic heterocycles. The quantitative estimate of drug-likeness (QED) is 0.433. The first-order valence-electron chi connectivity index (χ1n) is 12.1. The van der Waals surface area contributed by atoms with Crippen LogP contribution in [0.4, 0.5) is 0 Å². The zero-order valence-electron chi connectivity index (χ0n) is 19.0. The fourth-order valence-corrected chi connectivity index (χ4v) is 8.29. The van der Waals surface area contributed by atoms with E-state index in [1.54, 1.807) is 5.57 Å². The lowest BCUT2D eigenvalue weighted by molar-refractivity contribution is 0.214. The maximum Gasteiger partial charge on any atom is 0.130 e. The Morgan fingerprint density at radius 2 is 1.33 bits per heavy atom. The van der Waals surface area contributed by atoms with Crippen molar-refractivity contribution in [2.24, 2.45) is 23.7 Å². The first-order chi connectivity index (χ1) is 16.2. The number of hydrogen-bond acceptors (Lipinski definition) is 3. The van der Waals surface area contributed by atoms with Crippen LogP contribution in [0, 0.1) is 35.0 Å². The van der Waals surface area contributed by atoms with E-state index in [9.17, 15) is 0 Å². The molecule has 164 valence electrons. The van der Waals surface area contributed by atoms with Gasteiger partial charge in [0.05, 0.1) is 25.9 Å². The van der Waals surface area contributed by atoms with E-state index >= 15 is 0 Å². The van der Waals surface area contributed by atoms with E-state index in [1.807, 2.05) is 26.4 Å². The molecule has 3 fully saturated rings. The Morgan fingerprint density at radius 1 is 0.788 bits per heavy atom. The second-order valence-electron chi connectivity index (χ2n) is 10.2. The Labute approximate surface area is 194 Å². The van der Waals surface area contributed by atoms with Crippen molar-refractivity contribution in [3.8, 4) is 17.6 Å². The summed E-state index contributed by atoms with van der Waals surface area (Å²) in [7, 11) is 3.66. The number of benzene rings is 3. The molecule has 3 heteroatoms. The van der Waals surface area contributed by atoms with E-state index in [2.05, 4.69) is 48.5 Å². The first kappa shape index (κ1) is 19.2. The fourth-order valence-electron chi connectivity index (χ4n) is 8.29. The number of hydrogen-bond donors (Lipinski definition) is 0. The summed E-state index contributed by atoms with van der Waals surface area (Å²) in [5.74, 6) is 6.03. The second-order valence-corrected chi connectivity index (χ2v) is 10.2. The van der Waals surface area contributed by atoms with Crippen LogP contribution in [0.5, 0.6) is 11.5 Å². The maximum absolute atomic E-state index is 9.14. The van der Waals surface area contributed by atoms with Gasteiger partial charge in [0.2, 0.25) is 0 Å². The van der Waals surface area contributed by atoms with Gasteiger partial charge in [-0.2, -0.15) is 5.26 Å².